The number of carbonyl (C=O) groups is 2. The second-order valence-electron chi connectivity index (χ2n) is 18.6. The molecule has 6 nitrogen and oxygen atoms in total. The first-order valence-corrected chi connectivity index (χ1v) is 27.3. The van der Waals surface area contributed by atoms with Crippen LogP contribution in [0.25, 0.3) is 0 Å². The highest BCUT2D eigenvalue weighted by Gasteiger charge is 2.18. The summed E-state index contributed by atoms with van der Waals surface area (Å²) < 4.78 is 5.48. The van der Waals surface area contributed by atoms with Crippen LogP contribution in [0.2, 0.25) is 0 Å². The Labute approximate surface area is 385 Å². The van der Waals surface area contributed by atoms with Crippen molar-refractivity contribution in [3.05, 3.63) is 36.5 Å². The first kappa shape index (κ1) is 60.1. The van der Waals surface area contributed by atoms with E-state index in [-0.39, 0.29) is 18.5 Å². The highest BCUT2D eigenvalue weighted by molar-refractivity contribution is 5.76. The van der Waals surface area contributed by atoms with Gasteiger partial charge in [-0.1, -0.05) is 243 Å². The molecule has 0 aromatic rings. The summed E-state index contributed by atoms with van der Waals surface area (Å²) in [4.78, 5) is 24.4. The number of unbranched alkanes of at least 4 members (excludes halogenated alkanes) is 35. The van der Waals surface area contributed by atoms with Gasteiger partial charge in [-0.15, -0.1) is 0 Å². The molecule has 0 aromatic heterocycles. The first-order valence-electron chi connectivity index (χ1n) is 27.3. The van der Waals surface area contributed by atoms with Crippen molar-refractivity contribution in [2.45, 2.75) is 296 Å². The van der Waals surface area contributed by atoms with Crippen LogP contribution < -0.4 is 5.32 Å². The molecule has 0 saturated heterocycles. The standard InChI is InChI=1S/C56H105NO5/c1-3-5-7-9-11-13-15-16-17-20-24-27-30-34-38-42-46-50-56(61)62-51-47-43-39-35-31-28-25-22-19-18-21-23-26-29-33-37-41-45-49-55(60)57-53(52-58)54(59)48-44-40-36-32-14-12-10-8-6-4-2/h11,13,16-17,44,48,53-54,58-59H,3-10,12,14-15,18-43,45-47,49-52H2,1-2H3,(H,57,60)/b13-11-,17-16-,48-44+. The van der Waals surface area contributed by atoms with Crippen LogP contribution >= 0.6 is 0 Å². The maximum absolute atomic E-state index is 12.4. The second kappa shape index (κ2) is 51.7. The molecule has 0 saturated carbocycles. The van der Waals surface area contributed by atoms with E-state index >= 15 is 0 Å². The molecule has 6 heteroatoms. The molecule has 0 rings (SSSR count). The molecule has 0 aliphatic rings. The van der Waals surface area contributed by atoms with Gasteiger partial charge < -0.3 is 20.3 Å². The summed E-state index contributed by atoms with van der Waals surface area (Å²) in [5.41, 5.74) is 0. The summed E-state index contributed by atoms with van der Waals surface area (Å²) in [6, 6.07) is -0.629. The molecule has 364 valence electrons. The number of amides is 1. The van der Waals surface area contributed by atoms with E-state index in [0.717, 1.165) is 51.4 Å². The SMILES string of the molecule is CCCCC/C=C\C/C=C\CCCCCCCCCC(=O)OCCCCCCCCCCCCCCCCCCCCC(=O)NC(CO)C(O)/C=C/CCCCCCCCCC. The van der Waals surface area contributed by atoms with Crippen LogP contribution in [0.15, 0.2) is 36.5 Å². The summed E-state index contributed by atoms with van der Waals surface area (Å²) in [6.45, 7) is 4.85. The normalized spacial score (nSPS) is 12.9. The fourth-order valence-corrected chi connectivity index (χ4v) is 8.19. The molecule has 0 aromatic carbocycles. The minimum atomic E-state index is -0.845. The summed E-state index contributed by atoms with van der Waals surface area (Å²) in [6.07, 6.45) is 63.0. The molecule has 0 bridgehead atoms. The largest absolute Gasteiger partial charge is 0.466 e. The molecule has 0 radical (unpaired) electrons. The van der Waals surface area contributed by atoms with E-state index in [1.54, 1.807) is 6.08 Å². The van der Waals surface area contributed by atoms with Crippen LogP contribution in [0.4, 0.5) is 0 Å². The number of ether oxygens (including phenoxy) is 1. The van der Waals surface area contributed by atoms with Crippen LogP contribution in [-0.2, 0) is 14.3 Å². The number of aliphatic hydroxyl groups is 2. The van der Waals surface area contributed by atoms with Crippen molar-refractivity contribution in [3.8, 4) is 0 Å². The van der Waals surface area contributed by atoms with Gasteiger partial charge in [-0.25, -0.2) is 0 Å². The number of aliphatic hydroxyl groups excluding tert-OH is 2. The average molecular weight is 872 g/mol. The fraction of sp³-hybridized carbons (Fsp3) is 0.857. The Kier molecular flexibility index (Phi) is 50.1. The number of nitrogens with one attached hydrogen (secondary N) is 1. The number of esters is 1. The van der Waals surface area contributed by atoms with Crippen molar-refractivity contribution in [1.82, 2.24) is 5.32 Å². The van der Waals surface area contributed by atoms with E-state index in [4.69, 9.17) is 4.74 Å². The zero-order chi connectivity index (χ0) is 45.1. The van der Waals surface area contributed by atoms with Gasteiger partial charge in [0.05, 0.1) is 25.4 Å². The molecule has 0 spiro atoms. The molecule has 2 unspecified atom stereocenters. The van der Waals surface area contributed by atoms with Crippen molar-refractivity contribution in [1.29, 1.82) is 0 Å². The third-order valence-electron chi connectivity index (χ3n) is 12.4. The number of rotatable bonds is 50. The van der Waals surface area contributed by atoms with E-state index in [0.29, 0.717) is 19.4 Å². The van der Waals surface area contributed by atoms with Gasteiger partial charge in [-0.3, -0.25) is 9.59 Å². The molecule has 0 aliphatic carbocycles. The number of hydrogen-bond acceptors (Lipinski definition) is 5. The topological polar surface area (TPSA) is 95.9 Å². The smallest absolute Gasteiger partial charge is 0.305 e. The van der Waals surface area contributed by atoms with Crippen LogP contribution in [0.5, 0.6) is 0 Å². The van der Waals surface area contributed by atoms with Gasteiger partial charge in [-0.05, 0) is 64.2 Å². The molecule has 1 amide bonds. The monoisotopic (exact) mass is 872 g/mol. The van der Waals surface area contributed by atoms with Crippen molar-refractivity contribution in [2.24, 2.45) is 0 Å². The lowest BCUT2D eigenvalue weighted by atomic mass is 10.0. The predicted octanol–water partition coefficient (Wildman–Crippen LogP) is 16.5. The highest BCUT2D eigenvalue weighted by atomic mass is 16.5. The Hall–Kier alpha value is -1.92. The summed E-state index contributed by atoms with van der Waals surface area (Å²) in [7, 11) is 0. The Balaban J connectivity index is 3.40. The minimum absolute atomic E-state index is 0.00188. The predicted molar refractivity (Wildman–Crippen MR) is 269 cm³/mol. The average Bonchev–Trinajstić information content (AvgIpc) is 3.27. The number of allylic oxidation sites excluding steroid dienone is 5. The Morgan fingerprint density at radius 3 is 1.26 bits per heavy atom. The van der Waals surface area contributed by atoms with Gasteiger partial charge in [0.25, 0.3) is 0 Å². The molecular formula is C56H105NO5. The maximum atomic E-state index is 12.4. The van der Waals surface area contributed by atoms with Crippen LogP contribution in [0.3, 0.4) is 0 Å². The summed E-state index contributed by atoms with van der Waals surface area (Å²) in [5, 5.41) is 22.9. The van der Waals surface area contributed by atoms with E-state index in [2.05, 4.69) is 43.5 Å². The summed E-state index contributed by atoms with van der Waals surface area (Å²) in [5.74, 6) is -0.0764. The van der Waals surface area contributed by atoms with Crippen LogP contribution in [-0.4, -0.2) is 47.4 Å². The first-order chi connectivity index (χ1) is 30.5. The Bertz CT molecular complexity index is 1010. The minimum Gasteiger partial charge on any atom is -0.466 e. The molecule has 62 heavy (non-hydrogen) atoms. The number of carbonyl (C=O) groups excluding carboxylic acids is 2. The molecule has 0 heterocycles. The number of hydrogen-bond donors (Lipinski definition) is 3. The fourth-order valence-electron chi connectivity index (χ4n) is 8.19. The van der Waals surface area contributed by atoms with Gasteiger partial charge in [0.1, 0.15) is 0 Å². The molecule has 0 fully saturated rings. The van der Waals surface area contributed by atoms with Crippen LogP contribution in [0, 0.1) is 0 Å². The Morgan fingerprint density at radius 1 is 0.452 bits per heavy atom. The van der Waals surface area contributed by atoms with E-state index in [1.165, 1.54) is 205 Å². The zero-order valence-electron chi connectivity index (χ0n) is 41.4. The van der Waals surface area contributed by atoms with Gasteiger partial charge in [-0.2, -0.15) is 0 Å². The molecular weight excluding hydrogens is 767 g/mol. The van der Waals surface area contributed by atoms with Crippen molar-refractivity contribution in [3.63, 3.8) is 0 Å². The highest BCUT2D eigenvalue weighted by Crippen LogP contribution is 2.16. The molecule has 2 atom stereocenters. The maximum Gasteiger partial charge on any atom is 0.305 e. The van der Waals surface area contributed by atoms with Gasteiger partial charge in [0, 0.05) is 12.8 Å². The van der Waals surface area contributed by atoms with E-state index < -0.39 is 12.1 Å². The summed E-state index contributed by atoms with van der Waals surface area (Å²) >= 11 is 0. The van der Waals surface area contributed by atoms with Crippen LogP contribution in [0.1, 0.15) is 284 Å². The Morgan fingerprint density at radius 2 is 0.806 bits per heavy atom. The third-order valence-corrected chi connectivity index (χ3v) is 12.4. The van der Waals surface area contributed by atoms with Crippen molar-refractivity contribution in [2.75, 3.05) is 13.2 Å². The van der Waals surface area contributed by atoms with Gasteiger partial charge >= 0.3 is 5.97 Å². The lowest BCUT2D eigenvalue weighted by Gasteiger charge is -2.20. The van der Waals surface area contributed by atoms with Crippen molar-refractivity contribution >= 4 is 11.9 Å². The van der Waals surface area contributed by atoms with Gasteiger partial charge in [0.2, 0.25) is 5.91 Å². The van der Waals surface area contributed by atoms with Crippen molar-refractivity contribution < 1.29 is 24.5 Å². The molecule has 0 aliphatic heterocycles. The zero-order valence-corrected chi connectivity index (χ0v) is 41.4. The lowest BCUT2D eigenvalue weighted by Crippen LogP contribution is -2.45. The second-order valence-corrected chi connectivity index (χ2v) is 18.6. The van der Waals surface area contributed by atoms with Gasteiger partial charge in [0.15, 0.2) is 0 Å². The van der Waals surface area contributed by atoms with E-state index in [9.17, 15) is 19.8 Å². The third kappa shape index (κ3) is 47.6. The van der Waals surface area contributed by atoms with E-state index in [1.807, 2.05) is 6.08 Å². The lowest BCUT2D eigenvalue weighted by molar-refractivity contribution is -0.143. The molecule has 3 N–H and O–H groups in total. The quantitative estimate of drug-likeness (QED) is 0.0321.